The first-order chi connectivity index (χ1) is 17.1. The fraction of sp³-hybridized carbons (Fsp3) is 0.286. The van der Waals surface area contributed by atoms with Crippen LogP contribution in [0.15, 0.2) is 66.7 Å². The van der Waals surface area contributed by atoms with Crippen LogP contribution in [0.3, 0.4) is 0 Å². The van der Waals surface area contributed by atoms with Crippen LogP contribution in [-0.4, -0.2) is 40.3 Å². The maximum absolute atomic E-state index is 12.6. The summed E-state index contributed by atoms with van der Waals surface area (Å²) < 4.78 is 0. The number of halogens is 2. The van der Waals surface area contributed by atoms with Gasteiger partial charge in [0.1, 0.15) is 6.10 Å². The van der Waals surface area contributed by atoms with Crippen LogP contribution < -0.4 is 40.0 Å². The number of aliphatic hydroxyl groups excluding tert-OH is 2. The van der Waals surface area contributed by atoms with Gasteiger partial charge in [-0.25, -0.2) is 0 Å². The van der Waals surface area contributed by atoms with Crippen LogP contribution in [0.25, 0.3) is 16.8 Å². The molecule has 0 aliphatic carbocycles. The molecule has 0 radical (unpaired) electrons. The molecule has 9 heteroatoms. The third-order valence-electron chi connectivity index (χ3n) is 5.98. The Hall–Kier alpha value is -1.90. The minimum absolute atomic E-state index is 0. The van der Waals surface area contributed by atoms with Gasteiger partial charge in [-0.1, -0.05) is 77.8 Å². The molecule has 0 aliphatic heterocycles. The maximum Gasteiger partial charge on any atom is 1.00 e. The quantitative estimate of drug-likeness (QED) is 0.305. The summed E-state index contributed by atoms with van der Waals surface area (Å²) in [5.41, 5.74) is 1.92. The Morgan fingerprint density at radius 1 is 1.00 bits per heavy atom. The number of amides is 1. The average Bonchev–Trinajstić information content (AvgIpc) is 2.83. The van der Waals surface area contributed by atoms with E-state index in [4.69, 9.17) is 23.2 Å². The number of hydrogen-bond acceptors (Lipinski definition) is 5. The van der Waals surface area contributed by atoms with Crippen molar-refractivity contribution >= 4 is 51.9 Å². The minimum atomic E-state index is -1.56. The summed E-state index contributed by atoms with van der Waals surface area (Å²) in [5, 5.41) is 36.4. The molecule has 1 amide bonds. The Morgan fingerprint density at radius 3 is 2.38 bits per heavy atom. The number of aliphatic hydroxyl groups is 2. The van der Waals surface area contributed by atoms with Crippen LogP contribution in [0.4, 0.5) is 0 Å². The zero-order valence-corrected chi connectivity index (χ0v) is 24.2. The molecule has 190 valence electrons. The van der Waals surface area contributed by atoms with Gasteiger partial charge in [0.25, 0.3) is 0 Å². The molecule has 3 aromatic carbocycles. The van der Waals surface area contributed by atoms with E-state index in [0.29, 0.717) is 16.5 Å². The van der Waals surface area contributed by atoms with Crippen molar-refractivity contribution in [2.24, 2.45) is 5.92 Å². The van der Waals surface area contributed by atoms with Crippen LogP contribution in [-0.2, 0) is 16.0 Å². The predicted molar refractivity (Wildman–Crippen MR) is 140 cm³/mol. The van der Waals surface area contributed by atoms with Crippen molar-refractivity contribution in [2.75, 3.05) is 0 Å². The van der Waals surface area contributed by atoms with Gasteiger partial charge in [-0.15, -0.1) is 0 Å². The SMILES string of the molecule is C[C@H](NC(=O)[C@@H](O)C[C@@H](O)CC(=O)[O-])[C@H](/C=C/c1ccc2ccccc2c1)Cc1ccc(Cl)c(Cl)c1.[Na+]. The van der Waals surface area contributed by atoms with Gasteiger partial charge >= 0.3 is 29.6 Å². The number of hydrogen-bond donors (Lipinski definition) is 3. The van der Waals surface area contributed by atoms with Crippen molar-refractivity contribution in [3.05, 3.63) is 87.9 Å². The third kappa shape index (κ3) is 9.73. The van der Waals surface area contributed by atoms with Crippen LogP contribution in [0.1, 0.15) is 30.9 Å². The zero-order valence-electron chi connectivity index (χ0n) is 20.7. The molecule has 0 saturated carbocycles. The number of carboxylic acid groups (broad SMARTS) is 1. The van der Waals surface area contributed by atoms with E-state index in [0.717, 1.165) is 21.9 Å². The van der Waals surface area contributed by atoms with Crippen molar-refractivity contribution in [3.8, 4) is 0 Å². The monoisotopic (exact) mass is 551 g/mol. The smallest absolute Gasteiger partial charge is 0.550 e. The molecular formula is C28H28Cl2NNaO5. The summed E-state index contributed by atoms with van der Waals surface area (Å²) in [4.78, 5) is 23.2. The number of carboxylic acids is 1. The van der Waals surface area contributed by atoms with Gasteiger partial charge in [0.2, 0.25) is 5.91 Å². The second-order valence-corrected chi connectivity index (χ2v) is 9.68. The molecule has 6 nitrogen and oxygen atoms in total. The van der Waals surface area contributed by atoms with E-state index >= 15 is 0 Å². The molecule has 0 fully saturated rings. The minimum Gasteiger partial charge on any atom is -0.550 e. The summed E-state index contributed by atoms with van der Waals surface area (Å²) >= 11 is 12.2. The van der Waals surface area contributed by atoms with E-state index in [1.807, 2.05) is 61.5 Å². The van der Waals surface area contributed by atoms with E-state index in [1.54, 1.807) is 12.1 Å². The Labute approximate surface area is 248 Å². The molecule has 4 atom stereocenters. The van der Waals surface area contributed by atoms with Gasteiger partial charge in [-0.05, 0) is 53.4 Å². The van der Waals surface area contributed by atoms with Crippen LogP contribution in [0.5, 0.6) is 0 Å². The van der Waals surface area contributed by atoms with Gasteiger partial charge < -0.3 is 25.4 Å². The van der Waals surface area contributed by atoms with Crippen molar-refractivity contribution in [3.63, 3.8) is 0 Å². The number of nitrogens with one attached hydrogen (secondary N) is 1. The van der Waals surface area contributed by atoms with Gasteiger partial charge in [0, 0.05) is 30.8 Å². The molecule has 0 aromatic heterocycles. The summed E-state index contributed by atoms with van der Waals surface area (Å²) in [7, 11) is 0. The number of rotatable bonds is 11. The van der Waals surface area contributed by atoms with E-state index in [2.05, 4.69) is 11.4 Å². The van der Waals surface area contributed by atoms with Gasteiger partial charge in [-0.2, -0.15) is 0 Å². The largest absolute Gasteiger partial charge is 1.00 e. The standard InChI is InChI=1S/C28H29Cl2NO5.Na/c1-17(31-28(36)26(33)15-23(32)16-27(34)35)21(13-19-8-11-24(29)25(30)14-19)10-7-18-6-9-20-4-2-3-5-22(20)12-18;/h2-12,14,17,21,23,26,32-33H,13,15-16H2,1H3,(H,31,36)(H,34,35);/q;+1/p-1/b10-7+;/t17-,21+,23+,26-;/m0./s1. The summed E-state index contributed by atoms with van der Waals surface area (Å²) in [6, 6.07) is 19.1. The Kier molecular flexibility index (Phi) is 12.6. The number of fused-ring (bicyclic) bond motifs is 1. The van der Waals surface area contributed by atoms with Gasteiger partial charge in [-0.3, -0.25) is 4.79 Å². The van der Waals surface area contributed by atoms with E-state index < -0.39 is 43.0 Å². The predicted octanol–water partition coefficient (Wildman–Crippen LogP) is 0.779. The summed E-state index contributed by atoms with van der Waals surface area (Å²) in [6.07, 6.45) is 0.506. The summed E-state index contributed by atoms with van der Waals surface area (Å²) in [6.45, 7) is 1.81. The van der Waals surface area contributed by atoms with Gasteiger partial charge in [0.05, 0.1) is 16.1 Å². The molecular weight excluding hydrogens is 524 g/mol. The Morgan fingerprint density at radius 2 is 1.70 bits per heavy atom. The molecule has 0 heterocycles. The zero-order chi connectivity index (χ0) is 26.2. The first-order valence-electron chi connectivity index (χ1n) is 11.6. The second kappa shape index (κ2) is 14.9. The number of carbonyl (C=O) groups excluding carboxylic acids is 2. The molecule has 3 N–H and O–H groups in total. The fourth-order valence-electron chi connectivity index (χ4n) is 3.96. The Bertz CT molecular complexity index is 1250. The first-order valence-corrected chi connectivity index (χ1v) is 12.3. The van der Waals surface area contributed by atoms with Gasteiger partial charge in [0.15, 0.2) is 0 Å². The first kappa shape index (κ1) is 31.3. The molecule has 0 spiro atoms. The molecule has 0 aliphatic rings. The third-order valence-corrected chi connectivity index (χ3v) is 6.72. The van der Waals surface area contributed by atoms with Crippen LogP contribution in [0.2, 0.25) is 10.0 Å². The molecule has 0 bridgehead atoms. The molecule has 0 saturated heterocycles. The van der Waals surface area contributed by atoms with E-state index in [1.165, 1.54) is 0 Å². The molecule has 3 rings (SSSR count). The molecule has 3 aromatic rings. The average molecular weight is 552 g/mol. The topological polar surface area (TPSA) is 110 Å². The molecule has 0 unspecified atom stereocenters. The number of aliphatic carboxylic acids is 1. The second-order valence-electron chi connectivity index (χ2n) is 8.86. The fourth-order valence-corrected chi connectivity index (χ4v) is 4.29. The Balaban J connectivity index is 0.00000481. The van der Waals surface area contributed by atoms with E-state index in [9.17, 15) is 24.9 Å². The normalized spacial score (nSPS) is 14.5. The van der Waals surface area contributed by atoms with Crippen molar-refractivity contribution in [2.45, 2.75) is 44.4 Å². The summed E-state index contributed by atoms with van der Waals surface area (Å²) in [5.74, 6) is -2.33. The number of carbonyl (C=O) groups is 2. The molecule has 37 heavy (non-hydrogen) atoms. The van der Waals surface area contributed by atoms with Crippen LogP contribution in [0, 0.1) is 5.92 Å². The van der Waals surface area contributed by atoms with Crippen LogP contribution >= 0.6 is 23.2 Å². The number of benzene rings is 3. The van der Waals surface area contributed by atoms with Crippen molar-refractivity contribution in [1.82, 2.24) is 5.32 Å². The van der Waals surface area contributed by atoms with E-state index in [-0.39, 0.29) is 35.5 Å². The maximum atomic E-state index is 12.6. The van der Waals surface area contributed by atoms with Crippen molar-refractivity contribution < 1.29 is 54.5 Å². The van der Waals surface area contributed by atoms with Crippen molar-refractivity contribution in [1.29, 1.82) is 0 Å².